The van der Waals surface area contributed by atoms with E-state index in [0.717, 1.165) is 21.9 Å². The van der Waals surface area contributed by atoms with E-state index >= 15 is 0 Å². The lowest BCUT2D eigenvalue weighted by Crippen LogP contribution is -2.20. The molecule has 5 heteroatoms. The quantitative estimate of drug-likeness (QED) is 0.556. The summed E-state index contributed by atoms with van der Waals surface area (Å²) >= 11 is 0. The maximum Gasteiger partial charge on any atom is 0.252 e. The van der Waals surface area contributed by atoms with Crippen LogP contribution in [0, 0.1) is 6.92 Å². The van der Waals surface area contributed by atoms with Gasteiger partial charge in [0.1, 0.15) is 6.23 Å². The highest BCUT2D eigenvalue weighted by Gasteiger charge is 2.19. The molecule has 0 aliphatic carbocycles. The molecule has 0 aliphatic heterocycles. The Hall–Kier alpha value is -2.53. The lowest BCUT2D eigenvalue weighted by molar-refractivity contribution is 0.100. The monoisotopic (exact) mass is 283 g/mol. The van der Waals surface area contributed by atoms with E-state index in [1.54, 1.807) is 6.92 Å². The van der Waals surface area contributed by atoms with Gasteiger partial charge >= 0.3 is 0 Å². The third kappa shape index (κ3) is 2.11. The number of fused-ring (bicyclic) bond motifs is 3. The summed E-state index contributed by atoms with van der Waals surface area (Å²) in [5, 5.41) is 14.5. The van der Waals surface area contributed by atoms with Crippen LogP contribution >= 0.6 is 0 Å². The summed E-state index contributed by atoms with van der Waals surface area (Å²) in [6.07, 6.45) is -0.774. The lowest BCUT2D eigenvalue weighted by Gasteiger charge is -2.16. The minimum Gasteiger partial charge on any atom is -0.374 e. The molecule has 0 radical (unpaired) electrons. The summed E-state index contributed by atoms with van der Waals surface area (Å²) in [6, 6.07) is 9.84. The Bertz CT molecular complexity index is 849. The molecular formula is C16H17N3O2. The largest absolute Gasteiger partial charge is 0.374 e. The van der Waals surface area contributed by atoms with Gasteiger partial charge in [-0.1, -0.05) is 18.2 Å². The zero-order valence-electron chi connectivity index (χ0n) is 11.9. The number of amides is 1. The first-order valence-electron chi connectivity index (χ1n) is 6.77. The number of primary amides is 1. The van der Waals surface area contributed by atoms with E-state index in [-0.39, 0.29) is 0 Å². The van der Waals surface area contributed by atoms with Gasteiger partial charge in [0.2, 0.25) is 0 Å². The van der Waals surface area contributed by atoms with Crippen LogP contribution in [0.3, 0.4) is 0 Å². The SMILES string of the molecule is Cc1cc2c([nH]c3ccccc32)c(C(N)=O)c1NC(C)O. The van der Waals surface area contributed by atoms with Crippen molar-refractivity contribution in [2.75, 3.05) is 5.32 Å². The fourth-order valence-corrected chi connectivity index (χ4v) is 2.76. The number of aliphatic hydroxyl groups is 1. The van der Waals surface area contributed by atoms with Crippen LogP contribution < -0.4 is 11.1 Å². The molecule has 0 saturated heterocycles. The number of aromatic amines is 1. The van der Waals surface area contributed by atoms with Crippen LogP contribution in [-0.2, 0) is 0 Å². The number of benzene rings is 2. The summed E-state index contributed by atoms with van der Waals surface area (Å²) in [5.41, 5.74) is 9.01. The van der Waals surface area contributed by atoms with Gasteiger partial charge < -0.3 is 21.1 Å². The van der Waals surface area contributed by atoms with Crippen molar-refractivity contribution in [1.29, 1.82) is 0 Å². The van der Waals surface area contributed by atoms with Crippen molar-refractivity contribution in [2.45, 2.75) is 20.1 Å². The predicted octanol–water partition coefficient (Wildman–Crippen LogP) is 2.48. The van der Waals surface area contributed by atoms with E-state index in [9.17, 15) is 9.90 Å². The Morgan fingerprint density at radius 1 is 1.33 bits per heavy atom. The Morgan fingerprint density at radius 2 is 2.05 bits per heavy atom. The van der Waals surface area contributed by atoms with Crippen molar-refractivity contribution in [3.05, 3.63) is 41.5 Å². The molecule has 1 unspecified atom stereocenters. The van der Waals surface area contributed by atoms with Crippen LogP contribution in [0.15, 0.2) is 30.3 Å². The van der Waals surface area contributed by atoms with Crippen molar-refractivity contribution in [2.24, 2.45) is 5.73 Å². The molecule has 2 aromatic carbocycles. The average molecular weight is 283 g/mol. The van der Waals surface area contributed by atoms with Gasteiger partial charge in [-0.25, -0.2) is 0 Å². The van der Waals surface area contributed by atoms with Gasteiger partial charge in [-0.15, -0.1) is 0 Å². The molecule has 5 N–H and O–H groups in total. The molecule has 5 nitrogen and oxygen atoms in total. The van der Waals surface area contributed by atoms with Gasteiger partial charge in [-0.3, -0.25) is 4.79 Å². The molecule has 1 aromatic heterocycles. The number of H-pyrrole nitrogens is 1. The lowest BCUT2D eigenvalue weighted by atomic mass is 10.0. The Morgan fingerprint density at radius 3 is 2.71 bits per heavy atom. The van der Waals surface area contributed by atoms with Gasteiger partial charge in [-0.05, 0) is 31.5 Å². The zero-order valence-corrected chi connectivity index (χ0v) is 11.9. The number of aryl methyl sites for hydroxylation is 1. The van der Waals surface area contributed by atoms with Gasteiger partial charge in [0.25, 0.3) is 5.91 Å². The third-order valence-electron chi connectivity index (χ3n) is 3.60. The van der Waals surface area contributed by atoms with Crippen molar-refractivity contribution < 1.29 is 9.90 Å². The first-order valence-corrected chi connectivity index (χ1v) is 6.77. The Balaban J connectivity index is 2.44. The number of nitrogens with two attached hydrogens (primary N) is 1. The van der Waals surface area contributed by atoms with E-state index < -0.39 is 12.1 Å². The number of carbonyl (C=O) groups is 1. The van der Waals surface area contributed by atoms with E-state index in [4.69, 9.17) is 5.73 Å². The second-order valence-electron chi connectivity index (χ2n) is 5.22. The molecule has 21 heavy (non-hydrogen) atoms. The second kappa shape index (κ2) is 4.79. The van der Waals surface area contributed by atoms with E-state index in [2.05, 4.69) is 10.3 Å². The zero-order chi connectivity index (χ0) is 15.1. The molecule has 3 aromatic rings. The number of hydrogen-bond donors (Lipinski definition) is 4. The molecular weight excluding hydrogens is 266 g/mol. The Labute approximate surface area is 121 Å². The normalized spacial score (nSPS) is 12.7. The third-order valence-corrected chi connectivity index (χ3v) is 3.60. The second-order valence-corrected chi connectivity index (χ2v) is 5.22. The average Bonchev–Trinajstić information content (AvgIpc) is 2.76. The van der Waals surface area contributed by atoms with Crippen molar-refractivity contribution >= 4 is 33.4 Å². The highest BCUT2D eigenvalue weighted by Crippen LogP contribution is 2.34. The first-order chi connectivity index (χ1) is 9.99. The molecule has 0 fully saturated rings. The number of aliphatic hydroxyl groups excluding tert-OH is 1. The highest BCUT2D eigenvalue weighted by molar-refractivity contribution is 6.18. The molecule has 1 amide bonds. The molecule has 1 heterocycles. The molecule has 1 atom stereocenters. The topological polar surface area (TPSA) is 91.1 Å². The molecule has 0 saturated carbocycles. The summed E-state index contributed by atoms with van der Waals surface area (Å²) < 4.78 is 0. The Kier molecular flexibility index (Phi) is 3.07. The summed E-state index contributed by atoms with van der Waals surface area (Å²) in [7, 11) is 0. The number of nitrogens with one attached hydrogen (secondary N) is 2. The van der Waals surface area contributed by atoms with Crippen LogP contribution in [0.5, 0.6) is 0 Å². The summed E-state index contributed by atoms with van der Waals surface area (Å²) in [4.78, 5) is 15.2. The van der Waals surface area contributed by atoms with E-state index in [1.165, 1.54) is 0 Å². The minimum absolute atomic E-state index is 0.377. The molecule has 0 bridgehead atoms. The van der Waals surface area contributed by atoms with Crippen LogP contribution in [0.25, 0.3) is 21.8 Å². The highest BCUT2D eigenvalue weighted by atomic mass is 16.3. The number of anilines is 1. The van der Waals surface area contributed by atoms with Crippen molar-refractivity contribution in [1.82, 2.24) is 4.98 Å². The van der Waals surface area contributed by atoms with Crippen LogP contribution in [-0.4, -0.2) is 22.2 Å². The maximum absolute atomic E-state index is 11.9. The van der Waals surface area contributed by atoms with Gasteiger partial charge in [0, 0.05) is 16.3 Å². The number of carbonyl (C=O) groups excluding carboxylic acids is 1. The van der Waals surface area contributed by atoms with Gasteiger partial charge in [-0.2, -0.15) is 0 Å². The van der Waals surface area contributed by atoms with Gasteiger partial charge in [0.05, 0.1) is 16.8 Å². The molecule has 0 spiro atoms. The number of hydrogen-bond acceptors (Lipinski definition) is 3. The van der Waals surface area contributed by atoms with Crippen LogP contribution in [0.4, 0.5) is 5.69 Å². The predicted molar refractivity (Wildman–Crippen MR) is 84.4 cm³/mol. The number of rotatable bonds is 3. The van der Waals surface area contributed by atoms with Gasteiger partial charge in [0.15, 0.2) is 0 Å². The fraction of sp³-hybridized carbons (Fsp3) is 0.188. The van der Waals surface area contributed by atoms with Crippen molar-refractivity contribution in [3.8, 4) is 0 Å². The summed E-state index contributed by atoms with van der Waals surface area (Å²) in [6.45, 7) is 3.48. The molecule has 3 rings (SSSR count). The van der Waals surface area contributed by atoms with Crippen LogP contribution in [0.2, 0.25) is 0 Å². The molecule has 108 valence electrons. The number of aromatic nitrogens is 1. The maximum atomic E-state index is 11.9. The molecule has 0 aliphatic rings. The minimum atomic E-state index is -0.774. The number of para-hydroxylation sites is 1. The smallest absolute Gasteiger partial charge is 0.252 e. The van der Waals surface area contributed by atoms with E-state index in [0.29, 0.717) is 16.8 Å². The van der Waals surface area contributed by atoms with Crippen LogP contribution in [0.1, 0.15) is 22.8 Å². The standard InChI is InChI=1S/C16H17N3O2/c1-8-7-11-10-5-3-4-6-12(10)19-15(11)13(16(17)21)14(8)18-9(2)20/h3-7,9,18-20H,1-2H3,(H2,17,21). The summed E-state index contributed by atoms with van der Waals surface area (Å²) in [5.74, 6) is -0.529. The fourth-order valence-electron chi connectivity index (χ4n) is 2.76. The first kappa shape index (κ1) is 13.5. The van der Waals surface area contributed by atoms with Crippen molar-refractivity contribution in [3.63, 3.8) is 0 Å². The van der Waals surface area contributed by atoms with E-state index in [1.807, 2.05) is 37.3 Å².